The smallest absolute Gasteiger partial charge is 0.410 e. The van der Waals surface area contributed by atoms with E-state index in [9.17, 15) is 4.79 Å². The van der Waals surface area contributed by atoms with Crippen molar-refractivity contribution in [3.8, 4) is 0 Å². The Morgan fingerprint density at radius 2 is 1.75 bits per heavy atom. The highest BCUT2D eigenvalue weighted by molar-refractivity contribution is 14.0. The van der Waals surface area contributed by atoms with Crippen LogP contribution in [0.3, 0.4) is 0 Å². The van der Waals surface area contributed by atoms with Crippen molar-refractivity contribution in [2.24, 2.45) is 4.99 Å². The van der Waals surface area contributed by atoms with Crippen molar-refractivity contribution in [2.45, 2.75) is 51.7 Å². The number of guanidine groups is 1. The van der Waals surface area contributed by atoms with Gasteiger partial charge in [-0.15, -0.1) is 24.0 Å². The van der Waals surface area contributed by atoms with Crippen molar-refractivity contribution in [2.75, 3.05) is 60.5 Å². The molecule has 1 fully saturated rings. The first kappa shape index (κ1) is 27.2. The standard InChI is InChI=1S/C19H39N5O3.HI/c1-19(2,3)27-18(25)24(16-8-9-16)14-11-22-17(20-4)21-10-13-23(5)12-7-15-26-6;/h16H,7-15H2,1-6H3,(H2,20,21,22);1H. The van der Waals surface area contributed by atoms with Gasteiger partial charge in [0.2, 0.25) is 0 Å². The molecule has 0 aliphatic heterocycles. The lowest BCUT2D eigenvalue weighted by atomic mass is 10.2. The van der Waals surface area contributed by atoms with Gasteiger partial charge < -0.3 is 29.9 Å². The summed E-state index contributed by atoms with van der Waals surface area (Å²) in [4.78, 5) is 20.7. The minimum absolute atomic E-state index is 0. The van der Waals surface area contributed by atoms with E-state index in [4.69, 9.17) is 9.47 Å². The van der Waals surface area contributed by atoms with Gasteiger partial charge in [-0.3, -0.25) is 4.99 Å². The molecule has 9 heteroatoms. The molecule has 0 spiro atoms. The highest BCUT2D eigenvalue weighted by atomic mass is 127. The third-order valence-electron chi connectivity index (χ3n) is 4.16. The minimum atomic E-state index is -0.468. The fraction of sp³-hybridized carbons (Fsp3) is 0.895. The van der Waals surface area contributed by atoms with Crippen LogP contribution in [-0.2, 0) is 9.47 Å². The maximum atomic E-state index is 12.4. The molecule has 0 radical (unpaired) electrons. The van der Waals surface area contributed by atoms with Gasteiger partial charge in [0, 0.05) is 59.5 Å². The lowest BCUT2D eigenvalue weighted by molar-refractivity contribution is 0.0238. The summed E-state index contributed by atoms with van der Waals surface area (Å²) in [6.07, 6.45) is 2.91. The van der Waals surface area contributed by atoms with Crippen molar-refractivity contribution in [3.05, 3.63) is 0 Å². The summed E-state index contributed by atoms with van der Waals surface area (Å²) < 4.78 is 10.6. The van der Waals surface area contributed by atoms with E-state index in [2.05, 4.69) is 27.6 Å². The Kier molecular flexibility index (Phi) is 13.8. The highest BCUT2D eigenvalue weighted by Gasteiger charge is 2.34. The molecule has 28 heavy (non-hydrogen) atoms. The van der Waals surface area contributed by atoms with Crippen LogP contribution in [0.4, 0.5) is 4.79 Å². The average Bonchev–Trinajstić information content (AvgIpc) is 3.40. The number of carbonyl (C=O) groups excluding carboxylic acids is 1. The second-order valence-corrected chi connectivity index (χ2v) is 7.98. The number of nitrogens with one attached hydrogen (secondary N) is 2. The van der Waals surface area contributed by atoms with E-state index in [0.29, 0.717) is 19.1 Å². The van der Waals surface area contributed by atoms with Crippen LogP contribution >= 0.6 is 24.0 Å². The molecule has 166 valence electrons. The summed E-state index contributed by atoms with van der Waals surface area (Å²) in [5.41, 5.74) is -0.468. The van der Waals surface area contributed by atoms with Crippen molar-refractivity contribution in [3.63, 3.8) is 0 Å². The molecule has 1 aliphatic carbocycles. The molecule has 2 N–H and O–H groups in total. The summed E-state index contributed by atoms with van der Waals surface area (Å²) in [5, 5.41) is 6.59. The fourth-order valence-corrected chi connectivity index (χ4v) is 2.60. The molecular weight excluding hydrogens is 473 g/mol. The van der Waals surface area contributed by atoms with E-state index in [-0.39, 0.29) is 30.1 Å². The van der Waals surface area contributed by atoms with E-state index < -0.39 is 5.60 Å². The maximum absolute atomic E-state index is 12.4. The number of hydrogen-bond acceptors (Lipinski definition) is 5. The highest BCUT2D eigenvalue weighted by Crippen LogP contribution is 2.27. The maximum Gasteiger partial charge on any atom is 0.410 e. The number of likely N-dealkylation sites (N-methyl/N-ethyl adjacent to an activating group) is 1. The number of methoxy groups -OCH3 is 1. The summed E-state index contributed by atoms with van der Waals surface area (Å²) in [5.74, 6) is 0.750. The molecule has 8 nitrogen and oxygen atoms in total. The van der Waals surface area contributed by atoms with Crippen LogP contribution in [0.25, 0.3) is 0 Å². The first-order chi connectivity index (χ1) is 12.8. The zero-order chi connectivity index (χ0) is 20.3. The number of carbonyl (C=O) groups is 1. The van der Waals surface area contributed by atoms with Crippen LogP contribution < -0.4 is 10.6 Å². The van der Waals surface area contributed by atoms with Gasteiger partial charge in [0.05, 0.1) is 0 Å². The molecule has 0 aromatic heterocycles. The van der Waals surface area contributed by atoms with E-state index in [1.54, 1.807) is 14.2 Å². The van der Waals surface area contributed by atoms with E-state index >= 15 is 0 Å². The van der Waals surface area contributed by atoms with Crippen LogP contribution in [-0.4, -0.2) is 94.0 Å². The lowest BCUT2D eigenvalue weighted by Crippen LogP contribution is -2.46. The van der Waals surface area contributed by atoms with Crippen molar-refractivity contribution in [1.29, 1.82) is 0 Å². The van der Waals surface area contributed by atoms with Crippen molar-refractivity contribution < 1.29 is 14.3 Å². The predicted octanol–water partition coefficient (Wildman–Crippen LogP) is 2.14. The second kappa shape index (κ2) is 14.2. The Bertz CT molecular complexity index is 467. The van der Waals surface area contributed by atoms with E-state index in [0.717, 1.165) is 51.5 Å². The normalized spacial score (nSPS) is 14.5. The molecule has 1 aliphatic rings. The predicted molar refractivity (Wildman–Crippen MR) is 125 cm³/mol. The summed E-state index contributed by atoms with van der Waals surface area (Å²) in [6.45, 7) is 10.5. The van der Waals surface area contributed by atoms with E-state index in [1.807, 2.05) is 25.7 Å². The molecule has 0 unspecified atom stereocenters. The van der Waals surface area contributed by atoms with Gasteiger partial charge in [0.15, 0.2) is 5.96 Å². The topological polar surface area (TPSA) is 78.4 Å². The fourth-order valence-electron chi connectivity index (χ4n) is 2.60. The van der Waals surface area contributed by atoms with Crippen molar-refractivity contribution >= 4 is 36.0 Å². The average molecular weight is 513 g/mol. The number of amides is 1. The molecule has 0 heterocycles. The number of rotatable bonds is 11. The number of nitrogens with zero attached hydrogens (tertiary/aromatic N) is 3. The molecule has 0 atom stereocenters. The number of hydrogen-bond donors (Lipinski definition) is 2. The van der Waals surface area contributed by atoms with Gasteiger partial charge in [-0.05, 0) is 47.1 Å². The first-order valence-electron chi connectivity index (χ1n) is 9.88. The van der Waals surface area contributed by atoms with Crippen LogP contribution in [0.5, 0.6) is 0 Å². The summed E-state index contributed by atoms with van der Waals surface area (Å²) >= 11 is 0. The Balaban J connectivity index is 0.00000729. The molecule has 0 bridgehead atoms. The summed E-state index contributed by atoms with van der Waals surface area (Å²) in [6, 6.07) is 0.317. The quantitative estimate of drug-likeness (QED) is 0.191. The Labute approximate surface area is 187 Å². The molecule has 0 saturated heterocycles. The molecule has 1 amide bonds. The number of aliphatic imine (C=N–C) groups is 1. The third kappa shape index (κ3) is 12.6. The van der Waals surface area contributed by atoms with Crippen LogP contribution in [0.2, 0.25) is 0 Å². The monoisotopic (exact) mass is 513 g/mol. The Morgan fingerprint density at radius 3 is 2.25 bits per heavy atom. The van der Waals surface area contributed by atoms with Gasteiger partial charge in [-0.25, -0.2) is 4.79 Å². The van der Waals surface area contributed by atoms with Crippen molar-refractivity contribution in [1.82, 2.24) is 20.4 Å². The molecule has 0 aromatic carbocycles. The Morgan fingerprint density at radius 1 is 1.14 bits per heavy atom. The van der Waals surface area contributed by atoms with Gasteiger partial charge in [0.25, 0.3) is 0 Å². The zero-order valence-corrected chi connectivity index (χ0v) is 20.7. The molecule has 1 saturated carbocycles. The molecule has 0 aromatic rings. The number of halogens is 1. The van der Waals surface area contributed by atoms with Crippen LogP contribution in [0.15, 0.2) is 4.99 Å². The Hall–Kier alpha value is -0.810. The second-order valence-electron chi connectivity index (χ2n) is 7.98. The van der Waals surface area contributed by atoms with Gasteiger partial charge >= 0.3 is 6.09 Å². The summed E-state index contributed by atoms with van der Waals surface area (Å²) in [7, 11) is 5.58. The molecular formula is C19H40IN5O3. The largest absolute Gasteiger partial charge is 0.444 e. The van der Waals surface area contributed by atoms with Gasteiger partial charge in [0.1, 0.15) is 5.60 Å². The van der Waals surface area contributed by atoms with Gasteiger partial charge in [-0.2, -0.15) is 0 Å². The minimum Gasteiger partial charge on any atom is -0.444 e. The van der Waals surface area contributed by atoms with Crippen LogP contribution in [0, 0.1) is 0 Å². The zero-order valence-electron chi connectivity index (χ0n) is 18.4. The SMILES string of the molecule is CN=C(NCCN(C)CCCOC)NCCN(C(=O)OC(C)(C)C)C1CC1.I. The van der Waals surface area contributed by atoms with E-state index in [1.165, 1.54) is 0 Å². The first-order valence-corrected chi connectivity index (χ1v) is 9.88. The van der Waals surface area contributed by atoms with Gasteiger partial charge in [-0.1, -0.05) is 0 Å². The van der Waals surface area contributed by atoms with Crippen LogP contribution in [0.1, 0.15) is 40.0 Å². The lowest BCUT2D eigenvalue weighted by Gasteiger charge is -2.27. The third-order valence-corrected chi connectivity index (χ3v) is 4.16. The molecule has 1 rings (SSSR count). The number of ether oxygens (including phenoxy) is 2.